The van der Waals surface area contributed by atoms with Crippen molar-refractivity contribution in [2.45, 2.75) is 25.6 Å². The van der Waals surface area contributed by atoms with E-state index in [2.05, 4.69) is 18.2 Å². The molecule has 144 valence electrons. The summed E-state index contributed by atoms with van der Waals surface area (Å²) in [6.45, 7) is 2.15. The van der Waals surface area contributed by atoms with Crippen molar-refractivity contribution < 1.29 is 14.3 Å². The van der Waals surface area contributed by atoms with Gasteiger partial charge in [0.1, 0.15) is 5.75 Å². The van der Waals surface area contributed by atoms with Gasteiger partial charge >= 0.3 is 0 Å². The fourth-order valence-electron chi connectivity index (χ4n) is 3.55. The van der Waals surface area contributed by atoms with Crippen molar-refractivity contribution in [3.8, 4) is 5.75 Å². The first-order chi connectivity index (χ1) is 13.8. The molecule has 0 bridgehead atoms. The van der Waals surface area contributed by atoms with E-state index in [0.717, 1.165) is 37.1 Å². The molecular weight excluding hydrogens is 350 g/mol. The summed E-state index contributed by atoms with van der Waals surface area (Å²) in [6.07, 6.45) is 1.95. The molecule has 0 spiro atoms. The molecule has 4 heteroatoms. The van der Waals surface area contributed by atoms with Crippen molar-refractivity contribution in [2.24, 2.45) is 0 Å². The molecule has 0 aliphatic carbocycles. The third-order valence-electron chi connectivity index (χ3n) is 5.21. The maximum Gasteiger partial charge on any atom is 0.260 e. The zero-order valence-electron chi connectivity index (χ0n) is 15.9. The number of hydrogen-bond acceptors (Lipinski definition) is 3. The van der Waals surface area contributed by atoms with Gasteiger partial charge in [0.05, 0.1) is 12.7 Å². The average Bonchev–Trinajstić information content (AvgIpc) is 2.77. The van der Waals surface area contributed by atoms with Crippen LogP contribution in [0.3, 0.4) is 0 Å². The molecule has 3 aromatic rings. The van der Waals surface area contributed by atoms with E-state index < -0.39 is 0 Å². The Morgan fingerprint density at radius 2 is 1.61 bits per heavy atom. The van der Waals surface area contributed by atoms with Gasteiger partial charge in [-0.3, -0.25) is 4.79 Å². The molecule has 1 aliphatic rings. The van der Waals surface area contributed by atoms with Crippen LogP contribution in [0.2, 0.25) is 0 Å². The van der Waals surface area contributed by atoms with Gasteiger partial charge in [0.2, 0.25) is 0 Å². The van der Waals surface area contributed by atoms with Gasteiger partial charge in [-0.25, -0.2) is 0 Å². The van der Waals surface area contributed by atoms with E-state index in [1.165, 1.54) is 10.9 Å². The Kier molecular flexibility index (Phi) is 5.88. The highest BCUT2D eigenvalue weighted by atomic mass is 16.5. The number of carbonyl (C=O) groups is 1. The van der Waals surface area contributed by atoms with Crippen molar-refractivity contribution in [3.63, 3.8) is 0 Å². The Labute approximate surface area is 165 Å². The molecule has 0 saturated carbocycles. The lowest BCUT2D eigenvalue weighted by Crippen LogP contribution is -2.42. The maximum absolute atomic E-state index is 12.5. The number of amides is 1. The third kappa shape index (κ3) is 4.70. The van der Waals surface area contributed by atoms with E-state index in [1.807, 2.05) is 59.5 Å². The van der Waals surface area contributed by atoms with Crippen molar-refractivity contribution in [1.82, 2.24) is 4.90 Å². The second kappa shape index (κ2) is 8.89. The lowest BCUT2D eigenvalue weighted by Gasteiger charge is -2.32. The largest absolute Gasteiger partial charge is 0.484 e. The van der Waals surface area contributed by atoms with Gasteiger partial charge in [0.25, 0.3) is 5.91 Å². The average molecular weight is 375 g/mol. The fourth-order valence-corrected chi connectivity index (χ4v) is 3.55. The highest BCUT2D eigenvalue weighted by Gasteiger charge is 2.23. The van der Waals surface area contributed by atoms with Crippen molar-refractivity contribution in [3.05, 3.63) is 78.4 Å². The predicted octanol–water partition coefficient (Wildman–Crippen LogP) is 4.43. The normalized spacial score (nSPS) is 14.9. The molecule has 4 rings (SSSR count). The number of piperidine rings is 1. The second-order valence-electron chi connectivity index (χ2n) is 7.17. The van der Waals surface area contributed by atoms with Crippen LogP contribution >= 0.6 is 0 Å². The highest BCUT2D eigenvalue weighted by molar-refractivity contribution is 5.84. The minimum Gasteiger partial charge on any atom is -0.484 e. The first-order valence-electron chi connectivity index (χ1n) is 9.83. The van der Waals surface area contributed by atoms with Gasteiger partial charge in [-0.1, -0.05) is 60.7 Å². The van der Waals surface area contributed by atoms with Crippen LogP contribution in [0.1, 0.15) is 18.4 Å². The fraction of sp³-hybridized carbons (Fsp3) is 0.292. The molecule has 1 amide bonds. The van der Waals surface area contributed by atoms with Crippen LogP contribution in [0, 0.1) is 0 Å². The molecule has 3 aromatic carbocycles. The number of carbonyl (C=O) groups excluding carboxylic acids is 1. The summed E-state index contributed by atoms with van der Waals surface area (Å²) in [7, 11) is 0. The number of ether oxygens (including phenoxy) is 2. The zero-order valence-corrected chi connectivity index (χ0v) is 15.9. The van der Waals surface area contributed by atoms with Gasteiger partial charge in [-0.15, -0.1) is 0 Å². The zero-order chi connectivity index (χ0) is 19.2. The first-order valence-corrected chi connectivity index (χ1v) is 9.83. The van der Waals surface area contributed by atoms with Crippen LogP contribution in [-0.4, -0.2) is 36.6 Å². The minimum absolute atomic E-state index is 0.0367. The number of fused-ring (bicyclic) bond motifs is 1. The van der Waals surface area contributed by atoms with E-state index in [-0.39, 0.29) is 18.6 Å². The van der Waals surface area contributed by atoms with Crippen molar-refractivity contribution >= 4 is 16.7 Å². The molecule has 1 saturated heterocycles. The van der Waals surface area contributed by atoms with E-state index >= 15 is 0 Å². The van der Waals surface area contributed by atoms with E-state index in [4.69, 9.17) is 9.47 Å². The van der Waals surface area contributed by atoms with Gasteiger partial charge in [0, 0.05) is 13.1 Å². The Bertz CT molecular complexity index is 917. The molecule has 1 aliphatic heterocycles. The Morgan fingerprint density at radius 1 is 0.893 bits per heavy atom. The number of hydrogen-bond donors (Lipinski definition) is 0. The number of likely N-dealkylation sites (tertiary alicyclic amines) is 1. The molecule has 28 heavy (non-hydrogen) atoms. The number of rotatable bonds is 6. The molecular formula is C24H25NO3. The monoisotopic (exact) mass is 375 g/mol. The van der Waals surface area contributed by atoms with Crippen molar-refractivity contribution in [2.75, 3.05) is 19.7 Å². The van der Waals surface area contributed by atoms with Gasteiger partial charge in [-0.05, 0) is 41.3 Å². The van der Waals surface area contributed by atoms with E-state index in [9.17, 15) is 4.79 Å². The highest BCUT2D eigenvalue weighted by Crippen LogP contribution is 2.21. The summed E-state index contributed by atoms with van der Waals surface area (Å²) >= 11 is 0. The van der Waals surface area contributed by atoms with Gasteiger partial charge < -0.3 is 14.4 Å². The Balaban J connectivity index is 1.22. The lowest BCUT2D eigenvalue weighted by atomic mass is 10.1. The topological polar surface area (TPSA) is 38.8 Å². The van der Waals surface area contributed by atoms with Crippen LogP contribution in [0.4, 0.5) is 0 Å². The summed E-state index contributed by atoms with van der Waals surface area (Å²) in [5, 5.41) is 2.28. The van der Waals surface area contributed by atoms with Crippen LogP contribution in [0.15, 0.2) is 72.8 Å². The molecule has 1 heterocycles. The lowest BCUT2D eigenvalue weighted by molar-refractivity contribution is -0.136. The maximum atomic E-state index is 12.5. The van der Waals surface area contributed by atoms with Gasteiger partial charge in [0.15, 0.2) is 6.61 Å². The summed E-state index contributed by atoms with van der Waals surface area (Å²) in [6, 6.07) is 24.2. The van der Waals surface area contributed by atoms with Gasteiger partial charge in [-0.2, -0.15) is 0 Å². The Hall–Kier alpha value is -2.85. The molecule has 0 radical (unpaired) electrons. The molecule has 0 unspecified atom stereocenters. The quantitative estimate of drug-likeness (QED) is 0.640. The number of benzene rings is 3. The minimum atomic E-state index is 0.0367. The molecule has 0 atom stereocenters. The molecule has 1 fully saturated rings. The van der Waals surface area contributed by atoms with E-state index in [1.54, 1.807) is 0 Å². The van der Waals surface area contributed by atoms with Crippen LogP contribution < -0.4 is 4.74 Å². The molecule has 0 N–H and O–H groups in total. The number of nitrogens with zero attached hydrogens (tertiary/aromatic N) is 1. The van der Waals surface area contributed by atoms with Crippen molar-refractivity contribution in [1.29, 1.82) is 0 Å². The standard InChI is InChI=1S/C24H25NO3/c26-24(18-28-23-11-10-20-8-4-5-9-21(20)16-23)25-14-12-22(13-15-25)27-17-19-6-2-1-3-7-19/h1-11,16,22H,12-15,17-18H2. The van der Waals surface area contributed by atoms with Crippen LogP contribution in [0.25, 0.3) is 10.8 Å². The summed E-state index contributed by atoms with van der Waals surface area (Å²) < 4.78 is 11.7. The first kappa shape index (κ1) is 18.5. The predicted molar refractivity (Wildman–Crippen MR) is 110 cm³/mol. The summed E-state index contributed by atoms with van der Waals surface area (Å²) in [5.74, 6) is 0.766. The summed E-state index contributed by atoms with van der Waals surface area (Å²) in [4.78, 5) is 14.4. The van der Waals surface area contributed by atoms with E-state index in [0.29, 0.717) is 6.61 Å². The smallest absolute Gasteiger partial charge is 0.260 e. The SMILES string of the molecule is O=C(COc1ccc2ccccc2c1)N1CCC(OCc2ccccc2)CC1. The summed E-state index contributed by atoms with van der Waals surface area (Å²) in [5.41, 5.74) is 1.18. The van der Waals surface area contributed by atoms with Crippen LogP contribution in [-0.2, 0) is 16.1 Å². The molecule has 0 aromatic heterocycles. The second-order valence-corrected chi connectivity index (χ2v) is 7.17. The molecule has 4 nitrogen and oxygen atoms in total. The van der Waals surface area contributed by atoms with Crippen LogP contribution in [0.5, 0.6) is 5.75 Å². The Morgan fingerprint density at radius 3 is 2.39 bits per heavy atom. The third-order valence-corrected chi connectivity index (χ3v) is 5.21.